The molecular formula is C17H15Cl2N5O2. The first kappa shape index (κ1) is 18.2. The van der Waals surface area contributed by atoms with Gasteiger partial charge in [0.2, 0.25) is 5.95 Å². The Morgan fingerprint density at radius 3 is 2.54 bits per heavy atom. The minimum atomic E-state index is -0.412. The van der Waals surface area contributed by atoms with Gasteiger partial charge in [-0.15, -0.1) is 0 Å². The molecule has 134 valence electrons. The van der Waals surface area contributed by atoms with E-state index in [9.17, 15) is 9.59 Å². The van der Waals surface area contributed by atoms with Crippen molar-refractivity contribution in [1.82, 2.24) is 19.7 Å². The fourth-order valence-electron chi connectivity index (χ4n) is 2.40. The molecule has 2 aromatic heterocycles. The fraction of sp³-hybridized carbons (Fsp3) is 0.176. The Balaban J connectivity index is 1.98. The molecule has 1 amide bonds. The predicted octanol–water partition coefficient (Wildman–Crippen LogP) is 3.39. The molecule has 2 heterocycles. The number of nitrogens with one attached hydrogen (secondary N) is 2. The van der Waals surface area contributed by atoms with E-state index in [-0.39, 0.29) is 11.5 Å². The van der Waals surface area contributed by atoms with Crippen LogP contribution >= 0.6 is 23.2 Å². The number of hydrogen-bond donors (Lipinski definition) is 2. The summed E-state index contributed by atoms with van der Waals surface area (Å²) in [5.74, 6) is 0.173. The molecule has 0 unspecified atom stereocenters. The lowest BCUT2D eigenvalue weighted by Crippen LogP contribution is -2.19. The first-order chi connectivity index (χ1) is 12.4. The smallest absolute Gasteiger partial charge is 0.256 e. The Morgan fingerprint density at radius 2 is 1.88 bits per heavy atom. The van der Waals surface area contributed by atoms with Crippen LogP contribution in [0, 0.1) is 6.92 Å². The molecule has 0 aliphatic carbocycles. The zero-order valence-corrected chi connectivity index (χ0v) is 15.5. The first-order valence-electron chi connectivity index (χ1n) is 7.80. The average Bonchev–Trinajstić information content (AvgIpc) is 2.93. The Morgan fingerprint density at radius 1 is 1.19 bits per heavy atom. The van der Waals surface area contributed by atoms with Gasteiger partial charge in [0.15, 0.2) is 0 Å². The quantitative estimate of drug-likeness (QED) is 0.712. The number of rotatable bonds is 4. The van der Waals surface area contributed by atoms with Crippen molar-refractivity contribution in [3.05, 3.63) is 67.7 Å². The van der Waals surface area contributed by atoms with Crippen molar-refractivity contribution in [2.75, 3.05) is 5.32 Å². The van der Waals surface area contributed by atoms with E-state index in [1.807, 2.05) is 6.92 Å². The van der Waals surface area contributed by atoms with Gasteiger partial charge < -0.3 is 5.32 Å². The van der Waals surface area contributed by atoms with Crippen molar-refractivity contribution in [3.8, 4) is 5.95 Å². The number of carbonyl (C=O) groups is 1. The van der Waals surface area contributed by atoms with Gasteiger partial charge in [0.1, 0.15) is 5.82 Å². The van der Waals surface area contributed by atoms with Crippen LogP contribution < -0.4 is 10.9 Å². The van der Waals surface area contributed by atoms with E-state index in [0.717, 1.165) is 0 Å². The van der Waals surface area contributed by atoms with E-state index < -0.39 is 5.91 Å². The van der Waals surface area contributed by atoms with Crippen LogP contribution in [0.4, 0.5) is 5.82 Å². The van der Waals surface area contributed by atoms with Crippen molar-refractivity contribution in [2.45, 2.75) is 20.3 Å². The molecule has 0 bridgehead atoms. The van der Waals surface area contributed by atoms with Crippen molar-refractivity contribution in [2.24, 2.45) is 0 Å². The van der Waals surface area contributed by atoms with Gasteiger partial charge in [-0.3, -0.25) is 14.6 Å². The summed E-state index contributed by atoms with van der Waals surface area (Å²) in [4.78, 5) is 31.3. The van der Waals surface area contributed by atoms with Crippen molar-refractivity contribution in [1.29, 1.82) is 0 Å². The third-order valence-corrected chi connectivity index (χ3v) is 3.98. The van der Waals surface area contributed by atoms with Crippen molar-refractivity contribution >= 4 is 34.9 Å². The highest BCUT2D eigenvalue weighted by Crippen LogP contribution is 2.21. The Labute approximate surface area is 159 Å². The first-order valence-corrected chi connectivity index (χ1v) is 8.56. The number of H-pyrrole nitrogens is 1. The largest absolute Gasteiger partial charge is 0.306 e. The lowest BCUT2D eigenvalue weighted by Gasteiger charge is -2.09. The summed E-state index contributed by atoms with van der Waals surface area (Å²) in [7, 11) is 0. The van der Waals surface area contributed by atoms with Crippen LogP contribution in [-0.4, -0.2) is 25.7 Å². The summed E-state index contributed by atoms with van der Waals surface area (Å²) in [6.45, 7) is 3.66. The number of nitrogens with zero attached hydrogens (tertiary/aromatic N) is 3. The van der Waals surface area contributed by atoms with Crippen LogP contribution in [0.15, 0.2) is 35.1 Å². The molecular weight excluding hydrogens is 377 g/mol. The van der Waals surface area contributed by atoms with Crippen LogP contribution in [0.3, 0.4) is 0 Å². The molecule has 0 fully saturated rings. The minimum Gasteiger partial charge on any atom is -0.306 e. The highest BCUT2D eigenvalue weighted by molar-refractivity contribution is 6.35. The molecule has 0 saturated carbocycles. The molecule has 3 aromatic rings. The van der Waals surface area contributed by atoms with Gasteiger partial charge in [-0.2, -0.15) is 9.78 Å². The van der Waals surface area contributed by atoms with E-state index in [1.54, 1.807) is 19.1 Å². The topological polar surface area (TPSA) is 92.7 Å². The summed E-state index contributed by atoms with van der Waals surface area (Å²) >= 11 is 11.9. The molecule has 1 aromatic carbocycles. The van der Waals surface area contributed by atoms with E-state index in [4.69, 9.17) is 23.2 Å². The second-order valence-electron chi connectivity index (χ2n) is 5.61. The Kier molecular flexibility index (Phi) is 5.11. The van der Waals surface area contributed by atoms with Gasteiger partial charge in [-0.1, -0.05) is 30.1 Å². The summed E-state index contributed by atoms with van der Waals surface area (Å²) in [6.07, 6.45) is 0.597. The molecule has 3 rings (SSSR count). The number of hydrogen-bond acceptors (Lipinski definition) is 4. The van der Waals surface area contributed by atoms with E-state index in [2.05, 4.69) is 20.4 Å². The minimum absolute atomic E-state index is 0.224. The normalized spacial score (nSPS) is 10.8. The van der Waals surface area contributed by atoms with Gasteiger partial charge in [-0.25, -0.2) is 4.98 Å². The number of halogens is 2. The second-order valence-corrected chi connectivity index (χ2v) is 6.48. The van der Waals surface area contributed by atoms with Gasteiger partial charge in [-0.05, 0) is 31.5 Å². The summed E-state index contributed by atoms with van der Waals surface area (Å²) in [5.41, 5.74) is 1.28. The van der Waals surface area contributed by atoms with Gasteiger partial charge in [0.25, 0.3) is 11.5 Å². The number of benzene rings is 1. The molecule has 0 radical (unpaired) electrons. The number of aromatic amines is 1. The fourth-order valence-corrected chi connectivity index (χ4v) is 2.92. The van der Waals surface area contributed by atoms with E-state index in [1.165, 1.54) is 22.9 Å². The van der Waals surface area contributed by atoms with Crippen LogP contribution in [0.1, 0.15) is 28.7 Å². The molecule has 0 aliphatic heterocycles. The summed E-state index contributed by atoms with van der Waals surface area (Å²) in [5, 5.41) is 7.75. The van der Waals surface area contributed by atoms with Gasteiger partial charge in [0, 0.05) is 33.4 Å². The number of anilines is 1. The van der Waals surface area contributed by atoms with Crippen LogP contribution in [0.25, 0.3) is 5.95 Å². The third kappa shape index (κ3) is 3.95. The highest BCUT2D eigenvalue weighted by Gasteiger charge is 2.15. The van der Waals surface area contributed by atoms with E-state index in [0.29, 0.717) is 39.2 Å². The van der Waals surface area contributed by atoms with Crippen molar-refractivity contribution < 1.29 is 4.79 Å². The Bertz CT molecular complexity index is 1020. The molecule has 2 N–H and O–H groups in total. The SMILES string of the molecule is CCc1cc(=O)[nH]c(-n2nc(C)cc2NC(=O)c2cc(Cl)cc(Cl)c2)n1. The zero-order chi connectivity index (χ0) is 18.8. The molecule has 0 aliphatic rings. The molecule has 0 spiro atoms. The maximum Gasteiger partial charge on any atom is 0.256 e. The van der Waals surface area contributed by atoms with Gasteiger partial charge >= 0.3 is 0 Å². The molecule has 0 saturated heterocycles. The standard InChI is InChI=1S/C17H15Cl2N5O2/c1-3-13-8-15(25)22-17(20-13)24-14(4-9(2)23-24)21-16(26)10-5-11(18)7-12(19)6-10/h4-8H,3H2,1-2H3,(H,21,26)(H,20,22,25). The number of aryl methyl sites for hydroxylation is 2. The number of amides is 1. The van der Waals surface area contributed by atoms with E-state index >= 15 is 0 Å². The lowest BCUT2D eigenvalue weighted by molar-refractivity contribution is 0.102. The molecule has 7 nitrogen and oxygen atoms in total. The molecule has 26 heavy (non-hydrogen) atoms. The number of carbonyl (C=O) groups excluding carboxylic acids is 1. The zero-order valence-electron chi connectivity index (χ0n) is 14.0. The molecule has 0 atom stereocenters. The van der Waals surface area contributed by atoms with Gasteiger partial charge in [0.05, 0.1) is 5.69 Å². The summed E-state index contributed by atoms with van der Waals surface area (Å²) < 4.78 is 1.37. The lowest BCUT2D eigenvalue weighted by atomic mass is 10.2. The number of aromatic nitrogens is 4. The van der Waals surface area contributed by atoms with Crippen LogP contribution in [0.5, 0.6) is 0 Å². The average molecular weight is 392 g/mol. The monoisotopic (exact) mass is 391 g/mol. The third-order valence-electron chi connectivity index (χ3n) is 3.54. The molecule has 9 heteroatoms. The maximum atomic E-state index is 12.5. The Hall–Kier alpha value is -2.64. The predicted molar refractivity (Wildman–Crippen MR) is 101 cm³/mol. The second kappa shape index (κ2) is 7.31. The maximum absolute atomic E-state index is 12.5. The highest BCUT2D eigenvalue weighted by atomic mass is 35.5. The van der Waals surface area contributed by atoms with Crippen molar-refractivity contribution in [3.63, 3.8) is 0 Å². The summed E-state index contributed by atoms with van der Waals surface area (Å²) in [6, 6.07) is 7.65. The van der Waals surface area contributed by atoms with Crippen LogP contribution in [-0.2, 0) is 6.42 Å². The van der Waals surface area contributed by atoms with Crippen LogP contribution in [0.2, 0.25) is 10.0 Å².